The van der Waals surface area contributed by atoms with Crippen LogP contribution in [0.1, 0.15) is 43.5 Å². The number of hydrogen-bond acceptors (Lipinski definition) is 3. The molecular weight excluding hydrogens is 224 g/mol. The molecule has 94 valence electrons. The number of aryl methyl sites for hydroxylation is 1. The number of ether oxygens (including phenoxy) is 1. The Hall–Kier alpha value is -1.64. The van der Waals surface area contributed by atoms with Crippen molar-refractivity contribution in [3.63, 3.8) is 0 Å². The van der Waals surface area contributed by atoms with E-state index in [0.717, 1.165) is 35.4 Å². The zero-order valence-electron chi connectivity index (χ0n) is 10.9. The highest BCUT2D eigenvalue weighted by molar-refractivity contribution is 5.86. The summed E-state index contributed by atoms with van der Waals surface area (Å²) in [4.78, 5) is 9.32. The molecule has 0 amide bonds. The van der Waals surface area contributed by atoms with Gasteiger partial charge in [0, 0.05) is 5.92 Å². The van der Waals surface area contributed by atoms with Crippen molar-refractivity contribution in [3.05, 3.63) is 29.6 Å². The Balaban J connectivity index is 2.21. The van der Waals surface area contributed by atoms with Crippen molar-refractivity contribution in [2.24, 2.45) is 0 Å². The lowest BCUT2D eigenvalue weighted by Gasteiger charge is -2.10. The van der Waals surface area contributed by atoms with E-state index in [-0.39, 0.29) is 0 Å². The third-order valence-electron chi connectivity index (χ3n) is 3.45. The van der Waals surface area contributed by atoms with Crippen LogP contribution >= 0.6 is 0 Å². The molecule has 1 aromatic carbocycles. The molecular formula is C15H18N2O. The van der Waals surface area contributed by atoms with Gasteiger partial charge in [0.25, 0.3) is 0 Å². The molecule has 1 aromatic heterocycles. The van der Waals surface area contributed by atoms with Crippen LogP contribution in [0.2, 0.25) is 0 Å². The molecule has 0 spiro atoms. The molecule has 0 bridgehead atoms. The Bertz CT molecular complexity index is 576. The highest BCUT2D eigenvalue weighted by atomic mass is 16.5. The first-order valence-corrected chi connectivity index (χ1v) is 6.67. The normalized spacial score (nSPS) is 15.0. The first-order chi connectivity index (χ1) is 8.83. The molecule has 0 saturated heterocycles. The fourth-order valence-electron chi connectivity index (χ4n) is 2.35. The topological polar surface area (TPSA) is 35.0 Å². The van der Waals surface area contributed by atoms with Gasteiger partial charge >= 0.3 is 0 Å². The van der Waals surface area contributed by atoms with Gasteiger partial charge in [-0.15, -0.1) is 0 Å². The standard InChI is InChI=1S/C15H18N2O/c1-3-5-10-6-4-7-12-13(10)16-14(11-8-9-11)17-15(12)18-2/h4,6-7,11H,3,5,8-9H2,1-2H3. The smallest absolute Gasteiger partial charge is 0.224 e. The number of nitrogens with zero attached hydrogens (tertiary/aromatic N) is 2. The predicted octanol–water partition coefficient (Wildman–Crippen LogP) is 3.47. The van der Waals surface area contributed by atoms with Gasteiger partial charge in [0.2, 0.25) is 5.88 Å². The molecule has 0 atom stereocenters. The second-order valence-electron chi connectivity index (χ2n) is 4.93. The Labute approximate surface area is 107 Å². The quantitative estimate of drug-likeness (QED) is 0.823. The van der Waals surface area contributed by atoms with E-state index in [2.05, 4.69) is 24.0 Å². The number of hydrogen-bond donors (Lipinski definition) is 0. The van der Waals surface area contributed by atoms with Crippen molar-refractivity contribution >= 4 is 10.9 Å². The van der Waals surface area contributed by atoms with Crippen LogP contribution in [0.5, 0.6) is 5.88 Å². The van der Waals surface area contributed by atoms with Gasteiger partial charge in [-0.1, -0.05) is 25.5 Å². The fourth-order valence-corrected chi connectivity index (χ4v) is 2.35. The van der Waals surface area contributed by atoms with Crippen LogP contribution < -0.4 is 4.74 Å². The molecule has 3 nitrogen and oxygen atoms in total. The lowest BCUT2D eigenvalue weighted by molar-refractivity contribution is 0.400. The maximum Gasteiger partial charge on any atom is 0.224 e. The summed E-state index contributed by atoms with van der Waals surface area (Å²) in [6.45, 7) is 2.19. The minimum absolute atomic E-state index is 0.554. The van der Waals surface area contributed by atoms with Gasteiger partial charge in [-0.2, -0.15) is 4.98 Å². The molecule has 3 rings (SSSR count). The van der Waals surface area contributed by atoms with Crippen LogP contribution in [-0.2, 0) is 6.42 Å². The maximum absolute atomic E-state index is 5.43. The molecule has 1 heterocycles. The summed E-state index contributed by atoms with van der Waals surface area (Å²) in [7, 11) is 1.69. The SMILES string of the molecule is CCCc1cccc2c(OC)nc(C3CC3)nc12. The van der Waals surface area contributed by atoms with E-state index in [1.165, 1.54) is 18.4 Å². The Morgan fingerprint density at radius 2 is 2.11 bits per heavy atom. The van der Waals surface area contributed by atoms with Crippen LogP contribution in [0, 0.1) is 0 Å². The third kappa shape index (κ3) is 1.94. The molecule has 3 heteroatoms. The van der Waals surface area contributed by atoms with Crippen LogP contribution in [0.4, 0.5) is 0 Å². The molecule has 2 aromatic rings. The van der Waals surface area contributed by atoms with Crippen molar-refractivity contribution in [2.45, 2.75) is 38.5 Å². The monoisotopic (exact) mass is 242 g/mol. The second kappa shape index (κ2) is 4.56. The van der Waals surface area contributed by atoms with Gasteiger partial charge in [0.15, 0.2) is 0 Å². The minimum Gasteiger partial charge on any atom is -0.480 e. The number of methoxy groups -OCH3 is 1. The first kappa shape index (κ1) is 11.5. The van der Waals surface area contributed by atoms with Crippen molar-refractivity contribution in [2.75, 3.05) is 7.11 Å². The number of para-hydroxylation sites is 1. The van der Waals surface area contributed by atoms with Crippen molar-refractivity contribution in [1.29, 1.82) is 0 Å². The molecule has 1 fully saturated rings. The average molecular weight is 242 g/mol. The number of aromatic nitrogens is 2. The largest absolute Gasteiger partial charge is 0.480 e. The van der Waals surface area contributed by atoms with Gasteiger partial charge in [-0.05, 0) is 30.9 Å². The van der Waals surface area contributed by atoms with E-state index >= 15 is 0 Å². The third-order valence-corrected chi connectivity index (χ3v) is 3.45. The summed E-state index contributed by atoms with van der Waals surface area (Å²) in [5, 5.41) is 1.04. The van der Waals surface area contributed by atoms with E-state index in [1.807, 2.05) is 6.07 Å². The maximum atomic E-state index is 5.43. The lowest BCUT2D eigenvalue weighted by Crippen LogP contribution is -2.00. The summed E-state index contributed by atoms with van der Waals surface area (Å²) < 4.78 is 5.43. The Morgan fingerprint density at radius 3 is 2.78 bits per heavy atom. The fraction of sp³-hybridized carbons (Fsp3) is 0.467. The number of benzene rings is 1. The van der Waals surface area contributed by atoms with Crippen molar-refractivity contribution in [3.8, 4) is 5.88 Å². The Kier molecular flexibility index (Phi) is 2.90. The lowest BCUT2D eigenvalue weighted by atomic mass is 10.1. The van der Waals surface area contributed by atoms with E-state index in [4.69, 9.17) is 9.72 Å². The summed E-state index contributed by atoms with van der Waals surface area (Å²) in [6, 6.07) is 6.27. The molecule has 1 aliphatic rings. The molecule has 0 unspecified atom stereocenters. The van der Waals surface area contributed by atoms with E-state index in [1.54, 1.807) is 7.11 Å². The zero-order chi connectivity index (χ0) is 12.5. The summed E-state index contributed by atoms with van der Waals surface area (Å²) in [6.07, 6.45) is 4.61. The number of rotatable bonds is 4. The van der Waals surface area contributed by atoms with Crippen LogP contribution in [0.3, 0.4) is 0 Å². The predicted molar refractivity (Wildman–Crippen MR) is 72.1 cm³/mol. The van der Waals surface area contributed by atoms with Gasteiger partial charge in [0.05, 0.1) is 18.0 Å². The van der Waals surface area contributed by atoms with Crippen LogP contribution in [0.15, 0.2) is 18.2 Å². The van der Waals surface area contributed by atoms with Crippen LogP contribution in [-0.4, -0.2) is 17.1 Å². The second-order valence-corrected chi connectivity index (χ2v) is 4.93. The molecule has 1 aliphatic carbocycles. The van der Waals surface area contributed by atoms with Gasteiger partial charge < -0.3 is 4.74 Å². The Morgan fingerprint density at radius 1 is 1.28 bits per heavy atom. The van der Waals surface area contributed by atoms with Crippen LogP contribution in [0.25, 0.3) is 10.9 Å². The molecule has 1 saturated carbocycles. The van der Waals surface area contributed by atoms with E-state index in [0.29, 0.717) is 5.92 Å². The van der Waals surface area contributed by atoms with Gasteiger partial charge in [-0.3, -0.25) is 0 Å². The average Bonchev–Trinajstić information content (AvgIpc) is 3.22. The van der Waals surface area contributed by atoms with E-state index < -0.39 is 0 Å². The number of fused-ring (bicyclic) bond motifs is 1. The molecule has 0 aliphatic heterocycles. The zero-order valence-corrected chi connectivity index (χ0v) is 10.9. The van der Waals surface area contributed by atoms with Crippen molar-refractivity contribution < 1.29 is 4.74 Å². The molecule has 0 N–H and O–H groups in total. The minimum atomic E-state index is 0.554. The highest BCUT2D eigenvalue weighted by Crippen LogP contribution is 2.40. The summed E-state index contributed by atoms with van der Waals surface area (Å²) in [5.41, 5.74) is 2.38. The molecule has 18 heavy (non-hydrogen) atoms. The van der Waals surface area contributed by atoms with Crippen molar-refractivity contribution in [1.82, 2.24) is 9.97 Å². The summed E-state index contributed by atoms with van der Waals surface area (Å²) in [5.74, 6) is 2.24. The molecule has 0 radical (unpaired) electrons. The summed E-state index contributed by atoms with van der Waals surface area (Å²) >= 11 is 0. The first-order valence-electron chi connectivity index (χ1n) is 6.67. The highest BCUT2D eigenvalue weighted by Gasteiger charge is 2.28. The van der Waals surface area contributed by atoms with Gasteiger partial charge in [-0.25, -0.2) is 4.98 Å². The van der Waals surface area contributed by atoms with E-state index in [9.17, 15) is 0 Å². The van der Waals surface area contributed by atoms with Gasteiger partial charge in [0.1, 0.15) is 5.82 Å².